The van der Waals surface area contributed by atoms with Crippen molar-refractivity contribution >= 4 is 17.5 Å². The second-order valence-electron chi connectivity index (χ2n) is 9.26. The number of nitrogens with one attached hydrogen (secondary N) is 2. The summed E-state index contributed by atoms with van der Waals surface area (Å²) >= 11 is 0. The Morgan fingerprint density at radius 1 is 0.968 bits per heavy atom. The van der Waals surface area contributed by atoms with Gasteiger partial charge in [0.05, 0.1) is 0 Å². The summed E-state index contributed by atoms with van der Waals surface area (Å²) in [5.74, 6) is 0.737. The van der Waals surface area contributed by atoms with E-state index in [1.807, 2.05) is 0 Å². The van der Waals surface area contributed by atoms with Gasteiger partial charge in [-0.05, 0) is 105 Å². The van der Waals surface area contributed by atoms with Crippen LogP contribution in [0.2, 0.25) is 0 Å². The third-order valence-electron chi connectivity index (χ3n) is 6.84. The lowest BCUT2D eigenvalue weighted by Crippen LogP contribution is -2.33. The first-order valence-corrected chi connectivity index (χ1v) is 11.8. The highest BCUT2D eigenvalue weighted by atomic mass is 15.1. The van der Waals surface area contributed by atoms with Gasteiger partial charge in [0, 0.05) is 17.8 Å². The molecule has 1 heterocycles. The molecule has 1 saturated heterocycles. The zero-order valence-electron chi connectivity index (χ0n) is 18.8. The van der Waals surface area contributed by atoms with Gasteiger partial charge in [-0.15, -0.1) is 0 Å². The summed E-state index contributed by atoms with van der Waals surface area (Å²) in [4.78, 5) is 2.65. The molecule has 0 saturated carbocycles. The van der Waals surface area contributed by atoms with Crippen LogP contribution in [-0.2, 0) is 12.8 Å². The van der Waals surface area contributed by atoms with Crippen LogP contribution < -0.4 is 0 Å². The van der Waals surface area contributed by atoms with E-state index in [1.165, 1.54) is 67.6 Å². The fourth-order valence-electron chi connectivity index (χ4n) is 5.09. The number of allylic oxidation sites excluding steroid dienone is 1. The summed E-state index contributed by atoms with van der Waals surface area (Å²) in [5.41, 5.74) is 7.89. The van der Waals surface area contributed by atoms with Crippen molar-refractivity contribution < 1.29 is 0 Å². The Labute approximate surface area is 187 Å². The average molecular weight is 414 g/mol. The van der Waals surface area contributed by atoms with Crippen molar-refractivity contribution in [3.05, 3.63) is 76.4 Å². The predicted molar refractivity (Wildman–Crippen MR) is 132 cm³/mol. The third kappa shape index (κ3) is 5.59. The van der Waals surface area contributed by atoms with Crippen LogP contribution in [-0.4, -0.2) is 36.0 Å². The SMILES string of the molecule is CC(=N)CC(=N)C1=Cc2c(CCCCN3CCC(c4ccccc4)CC3)cccc2C1. The molecule has 2 aromatic carbocycles. The van der Waals surface area contributed by atoms with Gasteiger partial charge in [-0.25, -0.2) is 0 Å². The number of likely N-dealkylation sites (tertiary alicyclic amines) is 1. The topological polar surface area (TPSA) is 50.9 Å². The molecule has 0 spiro atoms. The molecule has 31 heavy (non-hydrogen) atoms. The van der Waals surface area contributed by atoms with Crippen LogP contribution in [0.25, 0.3) is 6.08 Å². The molecule has 162 valence electrons. The van der Waals surface area contributed by atoms with Crippen LogP contribution >= 0.6 is 0 Å². The Balaban J connectivity index is 1.24. The maximum absolute atomic E-state index is 8.30. The smallest absolute Gasteiger partial charge is 0.0405 e. The van der Waals surface area contributed by atoms with Crippen molar-refractivity contribution in [1.82, 2.24) is 4.90 Å². The lowest BCUT2D eigenvalue weighted by molar-refractivity contribution is 0.209. The summed E-state index contributed by atoms with van der Waals surface area (Å²) < 4.78 is 0. The standard InChI is InChI=1S/C28H35N3/c1-21(29)18-28(30)26-19-25-12-7-11-24(27(25)20-26)10-5-6-15-31-16-13-23(14-17-31)22-8-3-2-4-9-22/h2-4,7-9,11-12,20,23,29-30H,5-6,10,13-19H2,1H3. The zero-order valence-corrected chi connectivity index (χ0v) is 18.8. The number of hydrogen-bond acceptors (Lipinski definition) is 3. The number of fused-ring (bicyclic) bond motifs is 1. The normalized spacial score (nSPS) is 16.7. The Kier molecular flexibility index (Phi) is 7.14. The van der Waals surface area contributed by atoms with Gasteiger partial charge < -0.3 is 15.7 Å². The van der Waals surface area contributed by atoms with Crippen LogP contribution in [0.1, 0.15) is 67.2 Å². The number of nitrogens with zero attached hydrogens (tertiary/aromatic N) is 1. The van der Waals surface area contributed by atoms with E-state index in [0.29, 0.717) is 17.8 Å². The summed E-state index contributed by atoms with van der Waals surface area (Å²) in [6.45, 7) is 5.44. The van der Waals surface area contributed by atoms with Crippen molar-refractivity contribution in [1.29, 1.82) is 10.8 Å². The molecule has 2 N–H and O–H groups in total. The van der Waals surface area contributed by atoms with E-state index in [0.717, 1.165) is 24.3 Å². The van der Waals surface area contributed by atoms with E-state index in [9.17, 15) is 0 Å². The molecule has 2 aromatic rings. The molecule has 0 unspecified atom stereocenters. The number of rotatable bonds is 9. The van der Waals surface area contributed by atoms with Crippen molar-refractivity contribution in [3.8, 4) is 0 Å². The summed E-state index contributed by atoms with van der Waals surface area (Å²) in [5, 5.41) is 16.0. The molecule has 1 aliphatic heterocycles. The van der Waals surface area contributed by atoms with Crippen LogP contribution in [0.5, 0.6) is 0 Å². The lowest BCUT2D eigenvalue weighted by atomic mass is 9.89. The van der Waals surface area contributed by atoms with Gasteiger partial charge in [0.1, 0.15) is 0 Å². The van der Waals surface area contributed by atoms with E-state index >= 15 is 0 Å². The van der Waals surface area contributed by atoms with Crippen molar-refractivity contribution in [2.24, 2.45) is 0 Å². The first kappa shape index (κ1) is 21.7. The van der Waals surface area contributed by atoms with E-state index in [4.69, 9.17) is 10.8 Å². The van der Waals surface area contributed by atoms with Gasteiger partial charge in [-0.3, -0.25) is 0 Å². The summed E-state index contributed by atoms with van der Waals surface area (Å²) in [7, 11) is 0. The Hall–Kier alpha value is -2.52. The van der Waals surface area contributed by atoms with E-state index < -0.39 is 0 Å². The number of piperidine rings is 1. The maximum atomic E-state index is 8.30. The number of hydrogen-bond donors (Lipinski definition) is 2. The van der Waals surface area contributed by atoms with Gasteiger partial charge in [0.2, 0.25) is 0 Å². The molecule has 0 atom stereocenters. The second kappa shape index (κ2) is 10.2. The summed E-state index contributed by atoms with van der Waals surface area (Å²) in [6, 6.07) is 17.6. The number of aryl methyl sites for hydroxylation is 1. The molecule has 3 heteroatoms. The molecule has 0 amide bonds. The molecule has 0 bridgehead atoms. The van der Waals surface area contributed by atoms with Crippen molar-refractivity contribution in [3.63, 3.8) is 0 Å². The van der Waals surface area contributed by atoms with Crippen molar-refractivity contribution in [2.75, 3.05) is 19.6 Å². The van der Waals surface area contributed by atoms with Gasteiger partial charge in [0.15, 0.2) is 0 Å². The molecule has 1 fully saturated rings. The highest BCUT2D eigenvalue weighted by molar-refractivity contribution is 6.12. The first-order valence-electron chi connectivity index (χ1n) is 11.8. The minimum atomic E-state index is 0.468. The number of unbranched alkanes of at least 4 members (excludes halogenated alkanes) is 1. The third-order valence-corrected chi connectivity index (χ3v) is 6.84. The first-order chi connectivity index (χ1) is 15.1. The Morgan fingerprint density at radius 2 is 1.74 bits per heavy atom. The monoisotopic (exact) mass is 413 g/mol. The molecular formula is C28H35N3. The number of benzene rings is 2. The highest BCUT2D eigenvalue weighted by Gasteiger charge is 2.21. The molecule has 3 nitrogen and oxygen atoms in total. The predicted octanol–water partition coefficient (Wildman–Crippen LogP) is 6.28. The molecule has 4 rings (SSSR count). The Morgan fingerprint density at radius 3 is 2.48 bits per heavy atom. The molecular weight excluding hydrogens is 378 g/mol. The molecule has 0 aromatic heterocycles. The van der Waals surface area contributed by atoms with Crippen LogP contribution in [0.4, 0.5) is 0 Å². The van der Waals surface area contributed by atoms with Crippen molar-refractivity contribution in [2.45, 2.75) is 57.8 Å². The fourth-order valence-corrected chi connectivity index (χ4v) is 5.09. The van der Waals surface area contributed by atoms with E-state index in [1.54, 1.807) is 6.92 Å². The van der Waals surface area contributed by atoms with Crippen LogP contribution in [0.15, 0.2) is 54.1 Å². The minimum Gasteiger partial charge on any atom is -0.310 e. The van der Waals surface area contributed by atoms with E-state index in [-0.39, 0.29) is 0 Å². The summed E-state index contributed by atoms with van der Waals surface area (Å²) in [6.07, 6.45) is 9.68. The average Bonchev–Trinajstić information content (AvgIpc) is 3.23. The van der Waals surface area contributed by atoms with Gasteiger partial charge in [-0.1, -0.05) is 48.5 Å². The van der Waals surface area contributed by atoms with E-state index in [2.05, 4.69) is 59.5 Å². The quantitative estimate of drug-likeness (QED) is 0.369. The Bertz CT molecular complexity index is 949. The highest BCUT2D eigenvalue weighted by Crippen LogP contribution is 2.30. The lowest BCUT2D eigenvalue weighted by Gasteiger charge is -2.32. The minimum absolute atomic E-state index is 0.468. The van der Waals surface area contributed by atoms with Crippen LogP contribution in [0.3, 0.4) is 0 Å². The maximum Gasteiger partial charge on any atom is 0.0405 e. The van der Waals surface area contributed by atoms with Crippen LogP contribution in [0, 0.1) is 10.8 Å². The fraction of sp³-hybridized carbons (Fsp3) is 0.429. The molecule has 0 radical (unpaired) electrons. The van der Waals surface area contributed by atoms with Gasteiger partial charge >= 0.3 is 0 Å². The molecule has 2 aliphatic rings. The van der Waals surface area contributed by atoms with Gasteiger partial charge in [-0.2, -0.15) is 0 Å². The van der Waals surface area contributed by atoms with Gasteiger partial charge in [0.25, 0.3) is 0 Å². The zero-order chi connectivity index (χ0) is 21.6. The second-order valence-corrected chi connectivity index (χ2v) is 9.26. The largest absolute Gasteiger partial charge is 0.310 e. The molecule has 1 aliphatic carbocycles.